The van der Waals surface area contributed by atoms with Crippen LogP contribution in [0.15, 0.2) is 29.1 Å². The number of rotatable bonds is 3. The Labute approximate surface area is 127 Å². The van der Waals surface area contributed by atoms with Crippen LogP contribution in [0.3, 0.4) is 0 Å². The molecule has 1 N–H and O–H groups in total. The lowest BCUT2D eigenvalue weighted by atomic mass is 10.2. The lowest BCUT2D eigenvalue weighted by Crippen LogP contribution is -2.27. The molecule has 1 aliphatic rings. The van der Waals surface area contributed by atoms with E-state index in [4.69, 9.17) is 0 Å². The summed E-state index contributed by atoms with van der Waals surface area (Å²) >= 11 is 0. The second-order valence-electron chi connectivity index (χ2n) is 6.00. The van der Waals surface area contributed by atoms with E-state index in [1.807, 2.05) is 28.7 Å². The molecule has 1 aromatic carbocycles. The molecule has 0 saturated heterocycles. The molecule has 2 heterocycles. The van der Waals surface area contributed by atoms with Gasteiger partial charge in [0.2, 0.25) is 5.78 Å². The van der Waals surface area contributed by atoms with E-state index in [9.17, 15) is 4.79 Å². The van der Waals surface area contributed by atoms with Gasteiger partial charge < -0.3 is 5.32 Å². The van der Waals surface area contributed by atoms with Crippen molar-refractivity contribution < 1.29 is 0 Å². The lowest BCUT2D eigenvalue weighted by molar-refractivity contribution is 0.512. The van der Waals surface area contributed by atoms with Crippen molar-refractivity contribution in [2.24, 2.45) is 7.05 Å². The van der Waals surface area contributed by atoms with Crippen LogP contribution in [0, 0.1) is 0 Å². The summed E-state index contributed by atoms with van der Waals surface area (Å²) in [5.74, 6) is 1.45. The summed E-state index contributed by atoms with van der Waals surface area (Å²) in [6.45, 7) is 0.675. The van der Waals surface area contributed by atoms with Gasteiger partial charge in [-0.05, 0) is 25.0 Å². The van der Waals surface area contributed by atoms with Crippen LogP contribution in [0.1, 0.15) is 31.5 Å². The van der Waals surface area contributed by atoms with E-state index in [-0.39, 0.29) is 5.56 Å². The highest BCUT2D eigenvalue weighted by Crippen LogP contribution is 2.18. The summed E-state index contributed by atoms with van der Waals surface area (Å²) in [7, 11) is 1.74. The Bertz CT molecular complexity index is 889. The van der Waals surface area contributed by atoms with Crippen LogP contribution in [0.5, 0.6) is 0 Å². The van der Waals surface area contributed by atoms with Crippen molar-refractivity contribution in [3.05, 3.63) is 40.4 Å². The third kappa shape index (κ3) is 2.02. The molecule has 2 aromatic heterocycles. The average Bonchev–Trinajstić information content (AvgIpc) is 3.20. The fraction of sp³-hybridized carbons (Fsp3) is 0.438. The van der Waals surface area contributed by atoms with Gasteiger partial charge in [0.1, 0.15) is 0 Å². The zero-order valence-electron chi connectivity index (χ0n) is 12.6. The maximum Gasteiger partial charge on any atom is 0.262 e. The largest absolute Gasteiger partial charge is 0.307 e. The molecule has 1 saturated carbocycles. The summed E-state index contributed by atoms with van der Waals surface area (Å²) in [4.78, 5) is 12.4. The normalized spacial score (nSPS) is 16.0. The van der Waals surface area contributed by atoms with Crippen LogP contribution in [-0.2, 0) is 13.6 Å². The number of para-hydroxylation sites is 1. The van der Waals surface area contributed by atoms with Crippen LogP contribution in [-0.4, -0.2) is 25.2 Å². The molecule has 0 aliphatic heterocycles. The monoisotopic (exact) mass is 297 g/mol. The zero-order chi connectivity index (χ0) is 15.1. The molecular formula is C16H19N5O. The van der Waals surface area contributed by atoms with E-state index in [1.165, 1.54) is 25.7 Å². The van der Waals surface area contributed by atoms with Crippen LogP contribution >= 0.6 is 0 Å². The number of aryl methyl sites for hydroxylation is 1. The molecule has 4 rings (SSSR count). The third-order valence-corrected chi connectivity index (χ3v) is 4.60. The Kier molecular flexibility index (Phi) is 3.18. The highest BCUT2D eigenvalue weighted by Gasteiger charge is 2.17. The first kappa shape index (κ1) is 13.5. The van der Waals surface area contributed by atoms with Gasteiger partial charge in [-0.25, -0.2) is 0 Å². The van der Waals surface area contributed by atoms with E-state index >= 15 is 0 Å². The van der Waals surface area contributed by atoms with Gasteiger partial charge in [-0.3, -0.25) is 13.8 Å². The molecule has 6 heteroatoms. The highest BCUT2D eigenvalue weighted by molar-refractivity contribution is 5.80. The number of aromatic nitrogens is 4. The van der Waals surface area contributed by atoms with Crippen LogP contribution in [0.4, 0.5) is 0 Å². The Morgan fingerprint density at radius 3 is 2.82 bits per heavy atom. The molecule has 3 aromatic rings. The van der Waals surface area contributed by atoms with Gasteiger partial charge in [0.15, 0.2) is 5.82 Å². The van der Waals surface area contributed by atoms with Crippen molar-refractivity contribution in [1.82, 2.24) is 24.5 Å². The van der Waals surface area contributed by atoms with E-state index < -0.39 is 0 Å². The number of hydrogen-bond acceptors (Lipinski definition) is 4. The molecule has 22 heavy (non-hydrogen) atoms. The lowest BCUT2D eigenvalue weighted by Gasteiger charge is -2.11. The Hall–Kier alpha value is -2.21. The van der Waals surface area contributed by atoms with Crippen LogP contribution in [0.25, 0.3) is 16.7 Å². The van der Waals surface area contributed by atoms with E-state index in [0.29, 0.717) is 23.8 Å². The molecule has 0 radical (unpaired) electrons. The minimum Gasteiger partial charge on any atom is -0.307 e. The summed E-state index contributed by atoms with van der Waals surface area (Å²) in [5.41, 5.74) is 0.833. The molecule has 0 amide bonds. The van der Waals surface area contributed by atoms with E-state index in [0.717, 1.165) is 11.3 Å². The van der Waals surface area contributed by atoms with Gasteiger partial charge in [-0.2, -0.15) is 0 Å². The van der Waals surface area contributed by atoms with Gasteiger partial charge in [-0.1, -0.05) is 25.0 Å². The smallest absolute Gasteiger partial charge is 0.262 e. The summed E-state index contributed by atoms with van der Waals surface area (Å²) in [6, 6.07) is 8.20. The number of benzene rings is 1. The second kappa shape index (κ2) is 5.21. The number of nitrogens with one attached hydrogen (secondary N) is 1. The highest BCUT2D eigenvalue weighted by atomic mass is 16.1. The van der Waals surface area contributed by atoms with Crippen molar-refractivity contribution in [3.8, 4) is 0 Å². The van der Waals surface area contributed by atoms with E-state index in [2.05, 4.69) is 15.5 Å². The molecule has 1 aliphatic carbocycles. The minimum atomic E-state index is -0.0363. The van der Waals surface area contributed by atoms with Crippen molar-refractivity contribution in [2.45, 2.75) is 38.3 Å². The maximum absolute atomic E-state index is 12.4. The van der Waals surface area contributed by atoms with Crippen molar-refractivity contribution in [2.75, 3.05) is 0 Å². The Morgan fingerprint density at radius 1 is 1.23 bits per heavy atom. The minimum absolute atomic E-state index is 0.0363. The molecular weight excluding hydrogens is 278 g/mol. The summed E-state index contributed by atoms with van der Waals surface area (Å²) < 4.78 is 3.55. The quantitative estimate of drug-likeness (QED) is 0.798. The van der Waals surface area contributed by atoms with Gasteiger partial charge in [0.25, 0.3) is 5.56 Å². The number of fused-ring (bicyclic) bond motifs is 3. The molecule has 0 unspecified atom stereocenters. The average molecular weight is 297 g/mol. The zero-order valence-corrected chi connectivity index (χ0v) is 12.6. The standard InChI is InChI=1S/C16H19N5O/c1-20-15(22)12-8-4-5-9-13(12)21-14(18-19-16(20)21)10-17-11-6-2-3-7-11/h4-5,8-9,11,17H,2-3,6-7,10H2,1H3. The number of hydrogen-bond donors (Lipinski definition) is 1. The summed E-state index contributed by atoms with van der Waals surface area (Å²) in [5, 5.41) is 12.8. The van der Waals surface area contributed by atoms with Gasteiger partial charge >= 0.3 is 0 Å². The molecule has 114 valence electrons. The van der Waals surface area contributed by atoms with Crippen LogP contribution in [0.2, 0.25) is 0 Å². The predicted octanol–water partition coefficient (Wildman–Crippen LogP) is 1.61. The Morgan fingerprint density at radius 2 is 2.00 bits per heavy atom. The first-order valence-electron chi connectivity index (χ1n) is 7.81. The van der Waals surface area contributed by atoms with Crippen molar-refractivity contribution >= 4 is 16.7 Å². The fourth-order valence-corrected chi connectivity index (χ4v) is 3.37. The van der Waals surface area contributed by atoms with Gasteiger partial charge in [0, 0.05) is 13.1 Å². The first-order valence-corrected chi connectivity index (χ1v) is 7.81. The van der Waals surface area contributed by atoms with Crippen molar-refractivity contribution in [3.63, 3.8) is 0 Å². The molecule has 0 bridgehead atoms. The predicted molar refractivity (Wildman–Crippen MR) is 84.8 cm³/mol. The van der Waals surface area contributed by atoms with Gasteiger partial charge in [0.05, 0.1) is 17.4 Å². The molecule has 0 atom stereocenters. The number of nitrogens with zero attached hydrogens (tertiary/aromatic N) is 4. The molecule has 6 nitrogen and oxygen atoms in total. The molecule has 0 spiro atoms. The maximum atomic E-state index is 12.4. The third-order valence-electron chi connectivity index (χ3n) is 4.60. The fourth-order valence-electron chi connectivity index (χ4n) is 3.37. The Balaban J connectivity index is 1.84. The summed E-state index contributed by atoms with van der Waals surface area (Å²) in [6.07, 6.45) is 5.07. The molecule has 1 fully saturated rings. The second-order valence-corrected chi connectivity index (χ2v) is 6.00. The van der Waals surface area contributed by atoms with E-state index in [1.54, 1.807) is 11.6 Å². The van der Waals surface area contributed by atoms with Crippen LogP contribution < -0.4 is 10.9 Å². The van der Waals surface area contributed by atoms with Gasteiger partial charge in [-0.15, -0.1) is 10.2 Å². The SMILES string of the molecule is Cn1c(=O)c2ccccc2n2c(CNC3CCCC3)nnc12. The first-order chi connectivity index (χ1) is 10.8. The topological polar surface area (TPSA) is 64.2 Å². The van der Waals surface area contributed by atoms with Crippen molar-refractivity contribution in [1.29, 1.82) is 0 Å².